The minimum Gasteiger partial charge on any atom is -0.364 e. The van der Waals surface area contributed by atoms with Crippen LogP contribution in [0.25, 0.3) is 10.9 Å². The highest BCUT2D eigenvalue weighted by molar-refractivity contribution is 6.30. The highest BCUT2D eigenvalue weighted by Gasteiger charge is 2.37. The summed E-state index contributed by atoms with van der Waals surface area (Å²) < 4.78 is 15.6. The third-order valence-corrected chi connectivity index (χ3v) is 7.17. The number of nitrogens with zero attached hydrogens (tertiary/aromatic N) is 4. The highest BCUT2D eigenvalue weighted by atomic mass is 35.5. The van der Waals surface area contributed by atoms with Gasteiger partial charge in [0.05, 0.1) is 10.5 Å². The van der Waals surface area contributed by atoms with E-state index in [0.29, 0.717) is 34.3 Å². The SMILES string of the molecule is NC(=O)c1nn(CC(=O)N(C(C=O)CNCc2cccc(Cl)c2F)C2CC2)c2ccc(NC(=O)Nc3ccccn3)cc12. The molecule has 1 fully saturated rings. The summed E-state index contributed by atoms with van der Waals surface area (Å²) in [7, 11) is 0. The molecular formula is C29H28ClFN8O4. The Balaban J connectivity index is 1.30. The maximum atomic E-state index is 14.3. The van der Waals surface area contributed by atoms with Gasteiger partial charge in [-0.3, -0.25) is 19.6 Å². The van der Waals surface area contributed by atoms with E-state index in [1.807, 2.05) is 0 Å². The van der Waals surface area contributed by atoms with E-state index >= 15 is 0 Å². The maximum Gasteiger partial charge on any atom is 0.324 e. The second-order valence-corrected chi connectivity index (χ2v) is 10.4. The molecule has 43 heavy (non-hydrogen) atoms. The molecule has 2 heterocycles. The first-order chi connectivity index (χ1) is 20.7. The molecule has 14 heteroatoms. The van der Waals surface area contributed by atoms with Gasteiger partial charge in [-0.05, 0) is 49.2 Å². The lowest BCUT2D eigenvalue weighted by Crippen LogP contribution is -2.49. The number of carbonyl (C=O) groups is 4. The number of hydrogen-bond donors (Lipinski definition) is 4. The number of nitrogens with two attached hydrogens (primary N) is 1. The second-order valence-electron chi connectivity index (χ2n) is 9.98. The molecule has 1 aliphatic carbocycles. The van der Waals surface area contributed by atoms with Crippen molar-refractivity contribution >= 4 is 58.1 Å². The third kappa shape index (κ3) is 6.96. The van der Waals surface area contributed by atoms with Crippen LogP contribution in [0.3, 0.4) is 0 Å². The normalized spacial score (nSPS) is 13.3. The van der Waals surface area contributed by atoms with Gasteiger partial charge in [-0.2, -0.15) is 5.10 Å². The molecular weight excluding hydrogens is 579 g/mol. The summed E-state index contributed by atoms with van der Waals surface area (Å²) in [6.07, 6.45) is 3.69. The summed E-state index contributed by atoms with van der Waals surface area (Å²) in [5.41, 5.74) is 6.64. The zero-order valence-electron chi connectivity index (χ0n) is 22.8. The molecule has 5 rings (SSSR count). The number of nitrogens with one attached hydrogen (secondary N) is 3. The molecule has 222 valence electrons. The van der Waals surface area contributed by atoms with Crippen molar-refractivity contribution in [2.24, 2.45) is 5.73 Å². The summed E-state index contributed by atoms with van der Waals surface area (Å²) in [4.78, 5) is 55.8. The van der Waals surface area contributed by atoms with Crippen LogP contribution in [0.1, 0.15) is 28.9 Å². The number of halogens is 2. The van der Waals surface area contributed by atoms with Crippen LogP contribution in [0, 0.1) is 5.82 Å². The Bertz CT molecular complexity index is 1680. The number of pyridine rings is 1. The van der Waals surface area contributed by atoms with Crippen LogP contribution in [0.15, 0.2) is 60.8 Å². The molecule has 2 aromatic carbocycles. The van der Waals surface area contributed by atoms with Crippen LogP contribution < -0.4 is 21.7 Å². The van der Waals surface area contributed by atoms with E-state index in [1.54, 1.807) is 42.5 Å². The van der Waals surface area contributed by atoms with E-state index in [0.717, 1.165) is 12.8 Å². The molecule has 1 unspecified atom stereocenters. The molecule has 0 saturated heterocycles. The zero-order chi connectivity index (χ0) is 30.5. The first-order valence-corrected chi connectivity index (χ1v) is 13.8. The zero-order valence-corrected chi connectivity index (χ0v) is 23.6. The predicted octanol–water partition coefficient (Wildman–Crippen LogP) is 3.32. The average Bonchev–Trinajstić information content (AvgIpc) is 3.76. The van der Waals surface area contributed by atoms with E-state index in [1.165, 1.54) is 27.9 Å². The summed E-state index contributed by atoms with van der Waals surface area (Å²) in [5.74, 6) is -1.38. The molecule has 12 nitrogen and oxygen atoms in total. The van der Waals surface area contributed by atoms with Crippen LogP contribution in [0.4, 0.5) is 20.7 Å². The van der Waals surface area contributed by atoms with Crippen LogP contribution in [0.2, 0.25) is 5.02 Å². The van der Waals surface area contributed by atoms with Crippen LogP contribution in [-0.2, 0) is 22.7 Å². The predicted molar refractivity (Wildman–Crippen MR) is 158 cm³/mol. The molecule has 0 aliphatic heterocycles. The summed E-state index contributed by atoms with van der Waals surface area (Å²) in [6, 6.07) is 13.0. The summed E-state index contributed by atoms with van der Waals surface area (Å²) in [6.45, 7) is -0.0500. The van der Waals surface area contributed by atoms with Crippen molar-refractivity contribution in [2.75, 3.05) is 17.2 Å². The van der Waals surface area contributed by atoms with Crippen molar-refractivity contribution in [1.29, 1.82) is 0 Å². The van der Waals surface area contributed by atoms with Crippen molar-refractivity contribution < 1.29 is 23.6 Å². The van der Waals surface area contributed by atoms with Gasteiger partial charge in [0.1, 0.15) is 30.5 Å². The Hall–Kier alpha value is -4.88. The third-order valence-electron chi connectivity index (χ3n) is 6.88. The van der Waals surface area contributed by atoms with Gasteiger partial charge in [0.2, 0.25) is 5.91 Å². The highest BCUT2D eigenvalue weighted by Crippen LogP contribution is 2.30. The lowest BCUT2D eigenvalue weighted by Gasteiger charge is -2.28. The topological polar surface area (TPSA) is 164 Å². The Morgan fingerprint density at radius 3 is 2.65 bits per heavy atom. The van der Waals surface area contributed by atoms with Gasteiger partial charge in [-0.15, -0.1) is 0 Å². The number of urea groups is 1. The van der Waals surface area contributed by atoms with Crippen molar-refractivity contribution in [3.8, 4) is 0 Å². The number of aromatic nitrogens is 3. The van der Waals surface area contributed by atoms with Crippen molar-refractivity contribution in [3.05, 3.63) is 82.9 Å². The molecule has 0 bridgehead atoms. The quantitative estimate of drug-likeness (QED) is 0.180. The van der Waals surface area contributed by atoms with Gasteiger partial charge in [-0.25, -0.2) is 14.2 Å². The standard InChI is InChI=1S/C29H28ClFN8O4/c30-22-5-3-4-17(26(22)31)13-33-14-20(16-40)39(19-8-9-19)25(41)15-38-23-10-7-18(12-21(23)27(37-38)28(32)42)35-29(43)36-24-6-1-2-11-34-24/h1-7,10-12,16,19-20,33H,8-9,13-15H2,(H2,32,42)(H2,34,35,36,43). The van der Waals surface area contributed by atoms with Crippen LogP contribution in [0.5, 0.6) is 0 Å². The van der Waals surface area contributed by atoms with Gasteiger partial charge >= 0.3 is 6.03 Å². The Morgan fingerprint density at radius 1 is 1.14 bits per heavy atom. The number of benzene rings is 2. The Kier molecular flexibility index (Phi) is 8.93. The fourth-order valence-corrected chi connectivity index (χ4v) is 4.94. The number of aldehydes is 1. The van der Waals surface area contributed by atoms with Gasteiger partial charge in [0.25, 0.3) is 5.91 Å². The number of rotatable bonds is 12. The minimum atomic E-state index is -0.812. The smallest absolute Gasteiger partial charge is 0.324 e. The molecule has 1 saturated carbocycles. The Morgan fingerprint density at radius 2 is 1.95 bits per heavy atom. The van der Waals surface area contributed by atoms with E-state index in [4.69, 9.17) is 17.3 Å². The molecule has 1 atom stereocenters. The van der Waals surface area contributed by atoms with Gasteiger partial charge in [-0.1, -0.05) is 29.8 Å². The molecule has 4 amide bonds. The number of hydrogen-bond acceptors (Lipinski definition) is 7. The monoisotopic (exact) mass is 606 g/mol. The Labute approximate surface area is 250 Å². The maximum absolute atomic E-state index is 14.3. The number of carbonyl (C=O) groups excluding carboxylic acids is 4. The van der Waals surface area contributed by atoms with Gasteiger partial charge in [0.15, 0.2) is 5.69 Å². The molecule has 2 aromatic heterocycles. The number of fused-ring (bicyclic) bond motifs is 1. The van der Waals surface area contributed by atoms with Gasteiger partial charge < -0.3 is 26.1 Å². The number of anilines is 2. The summed E-state index contributed by atoms with van der Waals surface area (Å²) in [5, 5.41) is 12.9. The van der Waals surface area contributed by atoms with Crippen LogP contribution in [-0.4, -0.2) is 62.4 Å². The molecule has 4 aromatic rings. The second kappa shape index (κ2) is 13.0. The van der Waals surface area contributed by atoms with Crippen molar-refractivity contribution in [2.45, 2.75) is 38.0 Å². The van der Waals surface area contributed by atoms with Crippen LogP contribution >= 0.6 is 11.6 Å². The van der Waals surface area contributed by atoms with E-state index in [-0.39, 0.29) is 42.3 Å². The van der Waals surface area contributed by atoms with E-state index in [9.17, 15) is 23.6 Å². The molecule has 5 N–H and O–H groups in total. The fraction of sp³-hybridized carbons (Fsp3) is 0.241. The van der Waals surface area contributed by atoms with E-state index < -0.39 is 23.8 Å². The molecule has 0 radical (unpaired) electrons. The molecule has 0 spiro atoms. The van der Waals surface area contributed by atoms with E-state index in [2.05, 4.69) is 26.0 Å². The van der Waals surface area contributed by atoms with Gasteiger partial charge in [0, 0.05) is 42.0 Å². The lowest BCUT2D eigenvalue weighted by atomic mass is 10.1. The average molecular weight is 607 g/mol. The lowest BCUT2D eigenvalue weighted by molar-refractivity contribution is -0.137. The first-order valence-electron chi connectivity index (χ1n) is 13.4. The van der Waals surface area contributed by atoms with Crippen molar-refractivity contribution in [1.82, 2.24) is 25.0 Å². The molecule has 1 aliphatic rings. The van der Waals surface area contributed by atoms with Crippen molar-refractivity contribution in [3.63, 3.8) is 0 Å². The first kappa shape index (κ1) is 29.6. The number of primary amides is 1. The number of amides is 4. The largest absolute Gasteiger partial charge is 0.364 e. The minimum absolute atomic E-state index is 0.00143. The fourth-order valence-electron chi connectivity index (χ4n) is 4.75. The summed E-state index contributed by atoms with van der Waals surface area (Å²) >= 11 is 5.85.